The molecule has 1 aromatic rings. The third kappa shape index (κ3) is 3.00. The summed E-state index contributed by atoms with van der Waals surface area (Å²) in [5.74, 6) is 0. The summed E-state index contributed by atoms with van der Waals surface area (Å²) in [4.78, 5) is 0. The van der Waals surface area contributed by atoms with Gasteiger partial charge in [0.25, 0.3) is 0 Å². The van der Waals surface area contributed by atoms with Gasteiger partial charge in [0.2, 0.25) is 0 Å². The van der Waals surface area contributed by atoms with Gasteiger partial charge >= 0.3 is 0 Å². The lowest BCUT2D eigenvalue weighted by Gasteiger charge is -2.10. The normalized spacial score (nSPS) is 12.8. The first-order valence-corrected chi connectivity index (χ1v) is 3.85. The van der Waals surface area contributed by atoms with Crippen LogP contribution in [0.25, 0.3) is 0 Å². The Morgan fingerprint density at radius 1 is 1.33 bits per heavy atom. The first-order valence-electron chi connectivity index (χ1n) is 3.85. The van der Waals surface area contributed by atoms with E-state index in [2.05, 4.69) is 0 Å². The van der Waals surface area contributed by atoms with E-state index in [0.717, 1.165) is 5.56 Å². The van der Waals surface area contributed by atoms with Gasteiger partial charge in [-0.15, -0.1) is 0 Å². The molecule has 66 valence electrons. The molecule has 0 saturated heterocycles. The Kier molecular flexibility index (Phi) is 3.73. The summed E-state index contributed by atoms with van der Waals surface area (Å²) in [6.07, 6.45) is 0.207. The van der Waals surface area contributed by atoms with Gasteiger partial charge in [-0.1, -0.05) is 30.3 Å². The van der Waals surface area contributed by atoms with Crippen molar-refractivity contribution in [2.24, 2.45) is 5.73 Å². The Morgan fingerprint density at radius 2 is 2.00 bits per heavy atom. The summed E-state index contributed by atoms with van der Waals surface area (Å²) in [6, 6.07) is 9.78. The molecule has 0 fully saturated rings. The van der Waals surface area contributed by atoms with Crippen LogP contribution in [0.4, 0.5) is 0 Å². The zero-order valence-corrected chi connectivity index (χ0v) is 6.81. The fourth-order valence-electron chi connectivity index (χ4n) is 1.00. The van der Waals surface area contributed by atoms with E-state index in [-0.39, 0.29) is 6.79 Å². The average molecular weight is 167 g/mol. The van der Waals surface area contributed by atoms with Gasteiger partial charge in [0, 0.05) is 6.42 Å². The molecule has 1 aromatic carbocycles. The molecule has 0 aliphatic carbocycles. The zero-order chi connectivity index (χ0) is 8.81. The van der Waals surface area contributed by atoms with Gasteiger partial charge in [0.05, 0.1) is 0 Å². The minimum absolute atomic E-state index is 0.325. The highest BCUT2D eigenvalue weighted by molar-refractivity contribution is 5.15. The van der Waals surface area contributed by atoms with Crippen molar-refractivity contribution in [3.63, 3.8) is 0 Å². The van der Waals surface area contributed by atoms with Crippen LogP contribution in [0.3, 0.4) is 0 Å². The predicted molar refractivity (Wildman–Crippen MR) is 46.3 cm³/mol. The number of hydrogen-bond acceptors (Lipinski definition) is 3. The van der Waals surface area contributed by atoms with E-state index in [4.69, 9.17) is 15.6 Å². The molecule has 3 N–H and O–H groups in total. The van der Waals surface area contributed by atoms with Crippen LogP contribution in [0.5, 0.6) is 0 Å². The van der Waals surface area contributed by atoms with Crippen LogP contribution in [-0.2, 0) is 11.2 Å². The van der Waals surface area contributed by atoms with Crippen LogP contribution in [0.1, 0.15) is 5.56 Å². The number of ether oxygens (including phenoxy) is 1. The highest BCUT2D eigenvalue weighted by atomic mass is 16.6. The van der Waals surface area contributed by atoms with Gasteiger partial charge in [-0.2, -0.15) is 0 Å². The standard InChI is InChI=1S/C9H13NO2/c10-9(12-7-11)6-8-4-2-1-3-5-8/h1-5,9,11H,6-7,10H2. The van der Waals surface area contributed by atoms with Crippen molar-refractivity contribution in [3.05, 3.63) is 35.9 Å². The van der Waals surface area contributed by atoms with Crippen LogP contribution in [0, 0.1) is 0 Å². The number of benzene rings is 1. The molecular formula is C9H13NO2. The molecule has 12 heavy (non-hydrogen) atoms. The number of hydrogen-bond donors (Lipinski definition) is 2. The molecule has 3 nitrogen and oxygen atoms in total. The van der Waals surface area contributed by atoms with E-state index in [1.807, 2.05) is 30.3 Å². The highest BCUT2D eigenvalue weighted by Crippen LogP contribution is 2.01. The Morgan fingerprint density at radius 3 is 2.58 bits per heavy atom. The second-order valence-electron chi connectivity index (χ2n) is 2.52. The highest BCUT2D eigenvalue weighted by Gasteiger charge is 2.01. The fraction of sp³-hybridized carbons (Fsp3) is 0.333. The molecular weight excluding hydrogens is 154 g/mol. The number of aliphatic hydroxyl groups excluding tert-OH is 1. The van der Waals surface area contributed by atoms with Gasteiger partial charge in [-0.3, -0.25) is 0 Å². The first-order chi connectivity index (χ1) is 5.83. The van der Waals surface area contributed by atoms with Gasteiger partial charge in [-0.25, -0.2) is 0 Å². The number of nitrogens with two attached hydrogens (primary N) is 1. The van der Waals surface area contributed by atoms with Gasteiger partial charge in [0.15, 0.2) is 0 Å². The summed E-state index contributed by atoms with van der Waals surface area (Å²) in [5, 5.41) is 8.41. The smallest absolute Gasteiger partial charge is 0.145 e. The number of aliphatic hydroxyl groups is 1. The maximum atomic E-state index is 8.41. The van der Waals surface area contributed by atoms with Gasteiger partial charge in [0.1, 0.15) is 13.0 Å². The molecule has 3 heteroatoms. The van der Waals surface area contributed by atoms with Crippen LogP contribution in [-0.4, -0.2) is 18.1 Å². The van der Waals surface area contributed by atoms with Crippen molar-refractivity contribution in [1.29, 1.82) is 0 Å². The summed E-state index contributed by atoms with van der Waals surface area (Å²) in [5.41, 5.74) is 6.64. The summed E-state index contributed by atoms with van der Waals surface area (Å²) in [6.45, 7) is -0.325. The molecule has 1 rings (SSSR count). The topological polar surface area (TPSA) is 55.5 Å². The van der Waals surface area contributed by atoms with Crippen molar-refractivity contribution in [2.75, 3.05) is 6.79 Å². The lowest BCUT2D eigenvalue weighted by molar-refractivity contribution is -0.0466. The fourth-order valence-corrected chi connectivity index (χ4v) is 1.00. The second-order valence-corrected chi connectivity index (χ2v) is 2.52. The number of rotatable bonds is 4. The molecule has 0 spiro atoms. The van der Waals surface area contributed by atoms with Crippen molar-refractivity contribution in [2.45, 2.75) is 12.6 Å². The molecule has 0 heterocycles. The minimum Gasteiger partial charge on any atom is -0.371 e. The minimum atomic E-state index is -0.419. The quantitative estimate of drug-likeness (QED) is 0.641. The Labute approximate surface area is 71.8 Å². The molecule has 0 radical (unpaired) electrons. The maximum Gasteiger partial charge on any atom is 0.145 e. The zero-order valence-electron chi connectivity index (χ0n) is 6.81. The largest absolute Gasteiger partial charge is 0.371 e. The Hall–Kier alpha value is -0.900. The van der Waals surface area contributed by atoms with Crippen molar-refractivity contribution in [3.8, 4) is 0 Å². The second kappa shape index (κ2) is 4.87. The summed E-state index contributed by atoms with van der Waals surface area (Å²) < 4.78 is 4.78. The van der Waals surface area contributed by atoms with E-state index in [9.17, 15) is 0 Å². The summed E-state index contributed by atoms with van der Waals surface area (Å²) >= 11 is 0. The Balaban J connectivity index is 2.41. The average Bonchev–Trinajstić information content (AvgIpc) is 2.06. The monoisotopic (exact) mass is 167 g/mol. The molecule has 1 atom stereocenters. The van der Waals surface area contributed by atoms with Crippen molar-refractivity contribution >= 4 is 0 Å². The summed E-state index contributed by atoms with van der Waals surface area (Å²) in [7, 11) is 0. The van der Waals surface area contributed by atoms with Crippen molar-refractivity contribution in [1.82, 2.24) is 0 Å². The SMILES string of the molecule is NC(Cc1ccccc1)OCO. The third-order valence-electron chi connectivity index (χ3n) is 1.57. The first kappa shape index (κ1) is 9.19. The van der Waals surface area contributed by atoms with Crippen LogP contribution < -0.4 is 5.73 Å². The molecule has 0 aromatic heterocycles. The Bertz CT molecular complexity index is 213. The lowest BCUT2D eigenvalue weighted by atomic mass is 10.1. The predicted octanol–water partition coefficient (Wildman–Crippen LogP) is 0.480. The van der Waals surface area contributed by atoms with Crippen LogP contribution >= 0.6 is 0 Å². The van der Waals surface area contributed by atoms with E-state index in [1.54, 1.807) is 0 Å². The third-order valence-corrected chi connectivity index (χ3v) is 1.57. The van der Waals surface area contributed by atoms with Gasteiger partial charge in [-0.05, 0) is 5.56 Å². The van der Waals surface area contributed by atoms with Crippen LogP contribution in [0.15, 0.2) is 30.3 Å². The molecule has 0 aliphatic heterocycles. The van der Waals surface area contributed by atoms with Gasteiger partial charge < -0.3 is 15.6 Å². The lowest BCUT2D eigenvalue weighted by Crippen LogP contribution is -2.26. The van der Waals surface area contributed by atoms with E-state index >= 15 is 0 Å². The van der Waals surface area contributed by atoms with E-state index in [1.165, 1.54) is 0 Å². The molecule has 0 bridgehead atoms. The molecule has 0 aliphatic rings. The van der Waals surface area contributed by atoms with Crippen LogP contribution in [0.2, 0.25) is 0 Å². The molecule has 0 saturated carbocycles. The maximum absolute atomic E-state index is 8.41. The molecule has 0 amide bonds. The van der Waals surface area contributed by atoms with E-state index < -0.39 is 6.23 Å². The molecule has 1 unspecified atom stereocenters. The van der Waals surface area contributed by atoms with Crippen molar-refractivity contribution < 1.29 is 9.84 Å². The van der Waals surface area contributed by atoms with E-state index in [0.29, 0.717) is 6.42 Å².